The number of imide groups is 1. The van der Waals surface area contributed by atoms with Crippen LogP contribution < -0.4 is 10.1 Å². The van der Waals surface area contributed by atoms with E-state index in [1.54, 1.807) is 6.92 Å². The Kier molecular flexibility index (Phi) is 4.86. The number of nitrogens with one attached hydrogen (secondary N) is 1. The van der Waals surface area contributed by atoms with E-state index >= 15 is 0 Å². The molecule has 30 heavy (non-hydrogen) atoms. The highest BCUT2D eigenvalue weighted by atomic mass is 19.1. The fourth-order valence-electron chi connectivity index (χ4n) is 3.82. The van der Waals surface area contributed by atoms with E-state index in [9.17, 15) is 24.1 Å². The number of amides is 3. The third-order valence-electron chi connectivity index (χ3n) is 5.35. The second-order valence-corrected chi connectivity index (χ2v) is 7.05. The number of urea groups is 1. The van der Waals surface area contributed by atoms with E-state index in [2.05, 4.69) is 5.32 Å². The van der Waals surface area contributed by atoms with Gasteiger partial charge in [0.05, 0.1) is 18.1 Å². The van der Waals surface area contributed by atoms with Gasteiger partial charge in [-0.25, -0.2) is 9.18 Å². The van der Waals surface area contributed by atoms with E-state index in [1.807, 2.05) is 0 Å². The van der Waals surface area contributed by atoms with Crippen molar-refractivity contribution in [3.05, 3.63) is 69.0 Å². The monoisotopic (exact) mass is 415 g/mol. The summed E-state index contributed by atoms with van der Waals surface area (Å²) < 4.78 is 24.0. The number of non-ortho nitro benzene ring substituents is 1. The molecular weight excluding hydrogens is 397 g/mol. The predicted molar refractivity (Wildman–Crippen MR) is 101 cm³/mol. The highest BCUT2D eigenvalue weighted by Gasteiger charge is 2.51. The van der Waals surface area contributed by atoms with Gasteiger partial charge in [0, 0.05) is 23.3 Å². The molecule has 2 aliphatic heterocycles. The molecule has 0 spiro atoms. The minimum absolute atomic E-state index is 0.0353. The van der Waals surface area contributed by atoms with Crippen LogP contribution in [0.5, 0.6) is 5.75 Å². The van der Waals surface area contributed by atoms with E-state index in [4.69, 9.17) is 9.47 Å². The second kappa shape index (κ2) is 7.38. The molecule has 2 heterocycles. The summed E-state index contributed by atoms with van der Waals surface area (Å²) in [5.74, 6) is -0.613. The zero-order valence-electron chi connectivity index (χ0n) is 16.0. The highest BCUT2D eigenvalue weighted by molar-refractivity contribution is 6.07. The molecule has 2 aromatic rings. The first-order valence-electron chi connectivity index (χ1n) is 9.26. The standard InChI is InChI=1S/C20H18FN3O6/c1-2-20(14-3-5-15(21)6-4-14)18(25)23(19(26)22-20)9-12-7-16(24(27)28)8-13-10-29-11-30-17(12)13/h3-8H,2,9-11H2,1H3,(H,22,26)/t20-/m1/s1. The number of fused-ring (bicyclic) bond motifs is 1. The lowest BCUT2D eigenvalue weighted by Gasteiger charge is -2.26. The Bertz CT molecular complexity index is 1040. The normalized spacial score (nSPS) is 20.5. The molecule has 156 valence electrons. The molecule has 0 bridgehead atoms. The predicted octanol–water partition coefficient (Wildman–Crippen LogP) is 2.96. The maximum absolute atomic E-state index is 13.3. The van der Waals surface area contributed by atoms with Crippen LogP contribution in [0.4, 0.5) is 14.9 Å². The summed E-state index contributed by atoms with van der Waals surface area (Å²) in [5.41, 5.74) is -0.270. The lowest BCUT2D eigenvalue weighted by molar-refractivity contribution is -0.385. The molecule has 0 aromatic heterocycles. The molecule has 0 aliphatic carbocycles. The van der Waals surface area contributed by atoms with E-state index in [1.165, 1.54) is 36.4 Å². The molecule has 1 fully saturated rings. The lowest BCUT2D eigenvalue weighted by atomic mass is 9.87. The van der Waals surface area contributed by atoms with Gasteiger partial charge in [-0.15, -0.1) is 0 Å². The average molecular weight is 415 g/mol. The van der Waals surface area contributed by atoms with E-state index in [-0.39, 0.29) is 32.1 Å². The number of carbonyl (C=O) groups is 2. The summed E-state index contributed by atoms with van der Waals surface area (Å²) in [6.45, 7) is 1.61. The minimum Gasteiger partial charge on any atom is -0.467 e. The number of halogens is 1. The number of nitro benzene ring substituents is 1. The molecule has 1 N–H and O–H groups in total. The molecule has 10 heteroatoms. The van der Waals surface area contributed by atoms with E-state index in [0.29, 0.717) is 22.4 Å². The smallest absolute Gasteiger partial charge is 0.325 e. The highest BCUT2D eigenvalue weighted by Crippen LogP contribution is 2.37. The Labute approximate surface area is 170 Å². The number of nitro groups is 1. The van der Waals surface area contributed by atoms with Crippen LogP contribution in [0.25, 0.3) is 0 Å². The SMILES string of the molecule is CC[C@]1(c2ccc(F)cc2)NC(=O)N(Cc2cc([N+](=O)[O-])cc3c2OCOC3)C1=O. The van der Waals surface area contributed by atoms with Crippen molar-refractivity contribution in [1.82, 2.24) is 10.2 Å². The maximum atomic E-state index is 13.3. The minimum atomic E-state index is -1.34. The van der Waals surface area contributed by atoms with E-state index in [0.717, 1.165) is 4.90 Å². The molecule has 3 amide bonds. The molecule has 1 saturated heterocycles. The van der Waals surface area contributed by atoms with Gasteiger partial charge in [-0.05, 0) is 24.1 Å². The number of nitrogens with zero attached hydrogens (tertiary/aromatic N) is 2. The van der Waals surface area contributed by atoms with Gasteiger partial charge >= 0.3 is 6.03 Å². The first-order valence-corrected chi connectivity index (χ1v) is 9.26. The first kappa shape index (κ1) is 19.8. The molecule has 1 atom stereocenters. The van der Waals surface area contributed by atoms with Crippen molar-refractivity contribution in [1.29, 1.82) is 0 Å². The third kappa shape index (κ3) is 3.14. The van der Waals surface area contributed by atoms with Crippen LogP contribution in [0.3, 0.4) is 0 Å². The van der Waals surface area contributed by atoms with E-state index < -0.39 is 28.2 Å². The zero-order valence-corrected chi connectivity index (χ0v) is 16.0. The van der Waals surface area contributed by atoms with Gasteiger partial charge in [0.25, 0.3) is 11.6 Å². The summed E-state index contributed by atoms with van der Waals surface area (Å²) in [6.07, 6.45) is 0.247. The second-order valence-electron chi connectivity index (χ2n) is 7.05. The van der Waals surface area contributed by atoms with Gasteiger partial charge in [-0.2, -0.15) is 0 Å². The number of benzene rings is 2. The third-order valence-corrected chi connectivity index (χ3v) is 5.35. The van der Waals surface area contributed by atoms with Crippen molar-refractivity contribution in [3.8, 4) is 5.75 Å². The summed E-state index contributed by atoms with van der Waals surface area (Å²) in [5, 5.41) is 14.0. The van der Waals surface area contributed by atoms with Crippen LogP contribution >= 0.6 is 0 Å². The molecule has 2 aromatic carbocycles. The van der Waals surface area contributed by atoms with Crippen LogP contribution in [-0.2, 0) is 28.2 Å². The summed E-state index contributed by atoms with van der Waals surface area (Å²) in [7, 11) is 0. The molecule has 0 unspecified atom stereocenters. The Balaban J connectivity index is 1.71. The largest absolute Gasteiger partial charge is 0.467 e. The Morgan fingerprint density at radius 1 is 1.27 bits per heavy atom. The Morgan fingerprint density at radius 2 is 2.00 bits per heavy atom. The first-order chi connectivity index (χ1) is 14.4. The van der Waals surface area contributed by atoms with Crippen LogP contribution in [0.2, 0.25) is 0 Å². The molecule has 0 radical (unpaired) electrons. The summed E-state index contributed by atoms with van der Waals surface area (Å²) >= 11 is 0. The average Bonchev–Trinajstić information content (AvgIpc) is 2.99. The molecule has 9 nitrogen and oxygen atoms in total. The van der Waals surface area contributed by atoms with Gasteiger partial charge in [-0.1, -0.05) is 19.1 Å². The van der Waals surface area contributed by atoms with Gasteiger partial charge in [0.1, 0.15) is 17.1 Å². The summed E-state index contributed by atoms with van der Waals surface area (Å²) in [6, 6.07) is 7.34. The van der Waals surface area contributed by atoms with Crippen molar-refractivity contribution < 1.29 is 28.4 Å². The van der Waals surface area contributed by atoms with Crippen molar-refractivity contribution in [2.45, 2.75) is 32.0 Å². The van der Waals surface area contributed by atoms with Crippen LogP contribution in [0.15, 0.2) is 36.4 Å². The zero-order chi connectivity index (χ0) is 21.5. The quantitative estimate of drug-likeness (QED) is 0.457. The number of rotatable bonds is 5. The molecule has 2 aliphatic rings. The topological polar surface area (TPSA) is 111 Å². The van der Waals surface area contributed by atoms with Crippen LogP contribution in [-0.4, -0.2) is 28.6 Å². The number of hydrogen-bond donors (Lipinski definition) is 1. The Morgan fingerprint density at radius 3 is 2.67 bits per heavy atom. The van der Waals surface area contributed by atoms with Crippen LogP contribution in [0, 0.1) is 15.9 Å². The van der Waals surface area contributed by atoms with Crippen molar-refractivity contribution in [3.63, 3.8) is 0 Å². The number of carbonyl (C=O) groups excluding carboxylic acids is 2. The van der Waals surface area contributed by atoms with Crippen molar-refractivity contribution >= 4 is 17.6 Å². The number of ether oxygens (including phenoxy) is 2. The maximum Gasteiger partial charge on any atom is 0.325 e. The van der Waals surface area contributed by atoms with Crippen molar-refractivity contribution in [2.24, 2.45) is 0 Å². The summed E-state index contributed by atoms with van der Waals surface area (Å²) in [4.78, 5) is 37.7. The van der Waals surface area contributed by atoms with Crippen molar-refractivity contribution in [2.75, 3.05) is 6.79 Å². The molecular formula is C20H18FN3O6. The van der Waals surface area contributed by atoms with Gasteiger partial charge in [0.15, 0.2) is 6.79 Å². The molecule has 0 saturated carbocycles. The van der Waals surface area contributed by atoms with Gasteiger partial charge in [-0.3, -0.25) is 19.8 Å². The fraction of sp³-hybridized carbons (Fsp3) is 0.300. The van der Waals surface area contributed by atoms with Gasteiger partial charge in [0.2, 0.25) is 0 Å². The Hall–Kier alpha value is -3.53. The molecule has 4 rings (SSSR count). The van der Waals surface area contributed by atoms with Gasteiger partial charge < -0.3 is 14.8 Å². The van der Waals surface area contributed by atoms with Crippen LogP contribution in [0.1, 0.15) is 30.0 Å². The fourth-order valence-corrected chi connectivity index (χ4v) is 3.82. The lowest BCUT2D eigenvalue weighted by Crippen LogP contribution is -2.43. The number of hydrogen-bond acceptors (Lipinski definition) is 6.